The molecule has 1 N–H and O–H groups in total. The number of hydrogen-bond donors (Lipinski definition) is 1. The van der Waals surface area contributed by atoms with Gasteiger partial charge in [-0.1, -0.05) is 19.1 Å². The number of halogens is 1. The van der Waals surface area contributed by atoms with Crippen LogP contribution in [0.25, 0.3) is 0 Å². The Hall–Kier alpha value is -0.840. The highest BCUT2D eigenvalue weighted by Crippen LogP contribution is 2.25. The molecular formula is C16H21BrN2S. The second-order valence-corrected chi connectivity index (χ2v) is 6.90. The van der Waals surface area contributed by atoms with Gasteiger partial charge in [0.15, 0.2) is 0 Å². The van der Waals surface area contributed by atoms with Crippen molar-refractivity contribution in [2.45, 2.75) is 26.9 Å². The van der Waals surface area contributed by atoms with Crippen LogP contribution in [0.2, 0.25) is 0 Å². The molecule has 0 aliphatic carbocycles. The summed E-state index contributed by atoms with van der Waals surface area (Å²) in [5, 5.41) is 5.50. The zero-order valence-corrected chi connectivity index (χ0v) is 14.6. The number of nitrogens with one attached hydrogen (secondary N) is 1. The van der Waals surface area contributed by atoms with Crippen LogP contribution in [0.4, 0.5) is 5.69 Å². The number of anilines is 1. The first-order valence-electron chi connectivity index (χ1n) is 6.84. The van der Waals surface area contributed by atoms with Crippen LogP contribution in [0, 0.1) is 6.92 Å². The highest BCUT2D eigenvalue weighted by atomic mass is 79.9. The van der Waals surface area contributed by atoms with E-state index in [9.17, 15) is 0 Å². The van der Waals surface area contributed by atoms with Crippen molar-refractivity contribution < 1.29 is 0 Å². The molecule has 0 saturated heterocycles. The first kappa shape index (κ1) is 15.5. The lowest BCUT2D eigenvalue weighted by Crippen LogP contribution is -2.17. The summed E-state index contributed by atoms with van der Waals surface area (Å²) < 4.78 is 1.17. The van der Waals surface area contributed by atoms with Crippen molar-refractivity contribution in [1.82, 2.24) is 5.32 Å². The van der Waals surface area contributed by atoms with Gasteiger partial charge < -0.3 is 10.2 Å². The number of aryl methyl sites for hydroxylation is 1. The molecule has 2 aromatic rings. The van der Waals surface area contributed by atoms with E-state index in [1.807, 2.05) is 0 Å². The van der Waals surface area contributed by atoms with Crippen LogP contribution in [0.3, 0.4) is 0 Å². The maximum absolute atomic E-state index is 3.51. The molecule has 0 aliphatic heterocycles. The fraction of sp³-hybridized carbons (Fsp3) is 0.375. The van der Waals surface area contributed by atoms with E-state index < -0.39 is 0 Å². The first-order valence-corrected chi connectivity index (χ1v) is 8.51. The van der Waals surface area contributed by atoms with Crippen LogP contribution in [0.5, 0.6) is 0 Å². The van der Waals surface area contributed by atoms with Crippen molar-refractivity contribution in [3.8, 4) is 0 Å². The summed E-state index contributed by atoms with van der Waals surface area (Å²) in [6.07, 6.45) is 0. The standard InChI is InChI=1S/C16H21BrN2S/c1-4-18-9-13-5-6-16(12(2)7-13)19(3)10-15-8-14(17)11-20-15/h5-8,11,18H,4,9-10H2,1-3H3. The average Bonchev–Trinajstić information content (AvgIpc) is 2.81. The molecule has 0 bridgehead atoms. The van der Waals surface area contributed by atoms with Gasteiger partial charge in [0.05, 0.1) is 6.54 Å². The van der Waals surface area contributed by atoms with E-state index >= 15 is 0 Å². The van der Waals surface area contributed by atoms with E-state index in [-0.39, 0.29) is 0 Å². The van der Waals surface area contributed by atoms with Crippen LogP contribution in [0.15, 0.2) is 34.1 Å². The maximum Gasteiger partial charge on any atom is 0.0520 e. The third-order valence-electron chi connectivity index (χ3n) is 3.27. The van der Waals surface area contributed by atoms with Gasteiger partial charge in [0.1, 0.15) is 0 Å². The summed E-state index contributed by atoms with van der Waals surface area (Å²) >= 11 is 5.31. The monoisotopic (exact) mass is 352 g/mol. The zero-order chi connectivity index (χ0) is 14.5. The Balaban J connectivity index is 2.07. The highest BCUT2D eigenvalue weighted by Gasteiger charge is 2.07. The van der Waals surface area contributed by atoms with Crippen LogP contribution in [-0.4, -0.2) is 13.6 Å². The van der Waals surface area contributed by atoms with Gasteiger partial charge in [-0.25, -0.2) is 0 Å². The quantitative estimate of drug-likeness (QED) is 0.819. The molecule has 4 heteroatoms. The minimum absolute atomic E-state index is 0.944. The third-order valence-corrected chi connectivity index (χ3v) is 4.95. The largest absolute Gasteiger partial charge is 0.369 e. The molecule has 0 amide bonds. The predicted octanol–water partition coefficient (Wildman–Crippen LogP) is 4.56. The number of benzene rings is 1. The van der Waals surface area contributed by atoms with E-state index in [0.29, 0.717) is 0 Å². The Labute approximate surface area is 133 Å². The van der Waals surface area contributed by atoms with Gasteiger partial charge in [-0.2, -0.15) is 0 Å². The fourth-order valence-electron chi connectivity index (χ4n) is 2.28. The van der Waals surface area contributed by atoms with E-state index in [1.165, 1.54) is 26.2 Å². The summed E-state index contributed by atoms with van der Waals surface area (Å²) in [6, 6.07) is 8.91. The Bertz CT molecular complexity index is 565. The van der Waals surface area contributed by atoms with Crippen LogP contribution < -0.4 is 10.2 Å². The molecule has 0 saturated carbocycles. The van der Waals surface area contributed by atoms with Crippen molar-refractivity contribution in [3.63, 3.8) is 0 Å². The SMILES string of the molecule is CCNCc1ccc(N(C)Cc2cc(Br)cs2)c(C)c1. The fourth-order valence-corrected chi connectivity index (χ4v) is 3.78. The van der Waals surface area contributed by atoms with Gasteiger partial charge in [0.2, 0.25) is 0 Å². The minimum atomic E-state index is 0.944. The van der Waals surface area contributed by atoms with Crippen LogP contribution in [-0.2, 0) is 13.1 Å². The molecule has 2 nitrogen and oxygen atoms in total. The topological polar surface area (TPSA) is 15.3 Å². The number of thiophene rings is 1. The van der Waals surface area contributed by atoms with Gasteiger partial charge in [-0.3, -0.25) is 0 Å². The van der Waals surface area contributed by atoms with Crippen LogP contribution in [0.1, 0.15) is 22.9 Å². The summed E-state index contributed by atoms with van der Waals surface area (Å²) in [7, 11) is 2.15. The average molecular weight is 353 g/mol. The van der Waals surface area contributed by atoms with Crippen molar-refractivity contribution >= 4 is 33.0 Å². The molecule has 1 aromatic heterocycles. The second-order valence-electron chi connectivity index (χ2n) is 4.99. The smallest absolute Gasteiger partial charge is 0.0520 e. The number of nitrogens with zero attached hydrogens (tertiary/aromatic N) is 1. The van der Waals surface area contributed by atoms with Crippen LogP contribution >= 0.6 is 27.3 Å². The Kier molecular flexibility index (Phi) is 5.64. The lowest BCUT2D eigenvalue weighted by Gasteiger charge is -2.21. The van der Waals surface area contributed by atoms with Gasteiger partial charge >= 0.3 is 0 Å². The molecule has 0 atom stereocenters. The molecule has 1 aromatic carbocycles. The van der Waals surface area contributed by atoms with E-state index in [0.717, 1.165) is 19.6 Å². The summed E-state index contributed by atoms with van der Waals surface area (Å²) in [5.74, 6) is 0. The van der Waals surface area contributed by atoms with Crippen molar-refractivity contribution in [2.24, 2.45) is 0 Å². The van der Waals surface area contributed by atoms with Gasteiger partial charge in [-0.05, 0) is 52.7 Å². The second kappa shape index (κ2) is 7.25. The van der Waals surface area contributed by atoms with Gasteiger partial charge in [0.25, 0.3) is 0 Å². The van der Waals surface area contributed by atoms with Gasteiger partial charge in [-0.15, -0.1) is 11.3 Å². The van der Waals surface area contributed by atoms with Crippen molar-refractivity contribution in [1.29, 1.82) is 0 Å². The third kappa shape index (κ3) is 4.08. The van der Waals surface area contributed by atoms with Gasteiger partial charge in [0, 0.05) is 34.0 Å². The molecule has 0 aliphatic rings. The predicted molar refractivity (Wildman–Crippen MR) is 92.7 cm³/mol. The highest BCUT2D eigenvalue weighted by molar-refractivity contribution is 9.10. The number of rotatable bonds is 6. The Morgan fingerprint density at radius 1 is 1.30 bits per heavy atom. The first-order chi connectivity index (χ1) is 9.60. The molecule has 20 heavy (non-hydrogen) atoms. The lowest BCUT2D eigenvalue weighted by atomic mass is 10.1. The molecule has 0 radical (unpaired) electrons. The molecule has 2 rings (SSSR count). The molecule has 0 fully saturated rings. The van der Waals surface area contributed by atoms with Crippen molar-refractivity contribution in [2.75, 3.05) is 18.5 Å². The molecule has 0 spiro atoms. The van der Waals surface area contributed by atoms with Crippen molar-refractivity contribution in [3.05, 3.63) is 50.1 Å². The maximum atomic E-state index is 3.51. The summed E-state index contributed by atoms with van der Waals surface area (Å²) in [5.41, 5.74) is 3.98. The molecular weight excluding hydrogens is 332 g/mol. The summed E-state index contributed by atoms with van der Waals surface area (Å²) in [6.45, 7) is 7.22. The summed E-state index contributed by atoms with van der Waals surface area (Å²) in [4.78, 5) is 3.68. The van der Waals surface area contributed by atoms with E-state index in [4.69, 9.17) is 0 Å². The van der Waals surface area contributed by atoms with E-state index in [1.54, 1.807) is 11.3 Å². The Morgan fingerprint density at radius 2 is 2.10 bits per heavy atom. The molecule has 108 valence electrons. The zero-order valence-electron chi connectivity index (χ0n) is 12.2. The molecule has 1 heterocycles. The number of hydrogen-bond acceptors (Lipinski definition) is 3. The molecule has 0 unspecified atom stereocenters. The minimum Gasteiger partial charge on any atom is -0.369 e. The Morgan fingerprint density at radius 3 is 2.70 bits per heavy atom. The van der Waals surface area contributed by atoms with E-state index in [2.05, 4.69) is 76.7 Å². The lowest BCUT2D eigenvalue weighted by molar-refractivity contribution is 0.726. The normalized spacial score (nSPS) is 10.8.